The minimum Gasteiger partial charge on any atom is -0.871 e. The third kappa shape index (κ3) is 8.07. The van der Waals surface area contributed by atoms with Crippen LogP contribution in [0.4, 0.5) is 0 Å². The van der Waals surface area contributed by atoms with Crippen molar-refractivity contribution < 1.29 is 35.4 Å². The van der Waals surface area contributed by atoms with E-state index in [0.29, 0.717) is 31.6 Å². The molecule has 6 nitrogen and oxygen atoms in total. The summed E-state index contributed by atoms with van der Waals surface area (Å²) in [5.41, 5.74) is 18.0. The summed E-state index contributed by atoms with van der Waals surface area (Å²) in [4.78, 5) is 14.1. The number of rotatable bonds is 3. The van der Waals surface area contributed by atoms with Crippen molar-refractivity contribution >= 4 is 67.5 Å². The molecule has 348 valence electrons. The first-order valence-electron chi connectivity index (χ1n) is 22.2. The average Bonchev–Trinajstić information content (AvgIpc) is 3.61. The molecular weight excluding hydrogens is 1070 g/mol. The van der Waals surface area contributed by atoms with E-state index in [0.717, 1.165) is 33.2 Å². The van der Waals surface area contributed by atoms with Gasteiger partial charge >= 0.3 is 20.1 Å². The van der Waals surface area contributed by atoms with Crippen molar-refractivity contribution in [3.63, 3.8) is 0 Å². The van der Waals surface area contributed by atoms with E-state index in [-0.39, 0.29) is 53.6 Å². The molecule has 0 saturated carbocycles. The number of para-hydroxylation sites is 3. The van der Waals surface area contributed by atoms with Crippen LogP contribution in [-0.4, -0.2) is 15.0 Å². The molecule has 0 aliphatic heterocycles. The summed E-state index contributed by atoms with van der Waals surface area (Å²) in [7, 11) is 0. The van der Waals surface area contributed by atoms with Crippen molar-refractivity contribution in [3.8, 4) is 17.2 Å². The minimum atomic E-state index is -0.346. The van der Waals surface area contributed by atoms with E-state index in [1.165, 1.54) is 66.9 Å². The van der Waals surface area contributed by atoms with Gasteiger partial charge in [-0.15, -0.1) is 0 Å². The largest absolute Gasteiger partial charge is 3.00 e. The first-order chi connectivity index (χ1) is 30.8. The normalized spacial score (nSPS) is 17.5. The van der Waals surface area contributed by atoms with E-state index >= 15 is 0 Å². The second kappa shape index (κ2) is 18.6. The van der Waals surface area contributed by atoms with Gasteiger partial charge in [0, 0.05) is 16.2 Å². The number of allylic oxidation sites excluding steroid dienone is 12. The van der Waals surface area contributed by atoms with Gasteiger partial charge in [0.2, 0.25) is 0 Å². The van der Waals surface area contributed by atoms with Gasteiger partial charge in [0.15, 0.2) is 0 Å². The van der Waals surface area contributed by atoms with Crippen LogP contribution in [0.1, 0.15) is 121 Å². The molecule has 0 unspecified atom stereocenters. The molecule has 3 aromatic heterocycles. The van der Waals surface area contributed by atoms with Gasteiger partial charge in [0.1, 0.15) is 0 Å². The molecule has 67 heavy (non-hydrogen) atoms. The van der Waals surface area contributed by atoms with Crippen LogP contribution in [0.15, 0.2) is 140 Å². The van der Waals surface area contributed by atoms with Crippen molar-refractivity contribution in [2.75, 3.05) is 0 Å². The van der Waals surface area contributed by atoms with Crippen LogP contribution in [0.2, 0.25) is 15.1 Å². The van der Waals surface area contributed by atoms with Crippen LogP contribution in [-0.2, 0) is 36.4 Å². The standard InChI is InChI=1S/3C19H20ClNO.Ir/c3*1-10-11(2)13(4)19(5,12(10)3)18-15(20)9-14-7-6-8-16(22)17(14)21-18;/h3*6-9,22H,1-5H3;/q;;;+3/p-3. The van der Waals surface area contributed by atoms with Crippen LogP contribution in [0, 0.1) is 0 Å². The molecule has 0 radical (unpaired) electrons. The van der Waals surface area contributed by atoms with Gasteiger partial charge in [-0.05, 0) is 155 Å². The summed E-state index contributed by atoms with van der Waals surface area (Å²) in [6.07, 6.45) is 0. The molecule has 3 aliphatic carbocycles. The monoisotopic (exact) mass is 1130 g/mol. The number of nitrogens with zero attached hydrogens (tertiary/aromatic N) is 3. The second-order valence-electron chi connectivity index (χ2n) is 18.8. The first kappa shape index (κ1) is 51.6. The first-order valence-corrected chi connectivity index (χ1v) is 23.4. The maximum Gasteiger partial charge on any atom is 3.00 e. The summed E-state index contributed by atoms with van der Waals surface area (Å²) in [5.74, 6) is -0.184. The Labute approximate surface area is 424 Å². The fourth-order valence-corrected chi connectivity index (χ4v) is 11.4. The molecule has 0 atom stereocenters. The molecule has 0 fully saturated rings. The number of halogens is 3. The van der Waals surface area contributed by atoms with Crippen LogP contribution in [0.3, 0.4) is 0 Å². The Morgan fingerprint density at radius 1 is 0.358 bits per heavy atom. The van der Waals surface area contributed by atoms with Gasteiger partial charge in [0.25, 0.3) is 0 Å². The Hall–Kier alpha value is -4.75. The predicted molar refractivity (Wildman–Crippen MR) is 271 cm³/mol. The quantitative estimate of drug-likeness (QED) is 0.175. The smallest absolute Gasteiger partial charge is 0.871 e. The van der Waals surface area contributed by atoms with E-state index < -0.39 is 0 Å². The fourth-order valence-electron chi connectivity index (χ4n) is 10.3. The Balaban J connectivity index is 0.000000165. The average molecular weight is 1130 g/mol. The molecule has 0 bridgehead atoms. The van der Waals surface area contributed by atoms with E-state index in [1.54, 1.807) is 36.4 Å². The maximum absolute atomic E-state index is 12.1. The van der Waals surface area contributed by atoms with Crippen molar-refractivity contribution in [1.29, 1.82) is 0 Å². The number of hydrogen-bond donors (Lipinski definition) is 0. The number of benzene rings is 3. The summed E-state index contributed by atoms with van der Waals surface area (Å²) in [5, 5.41) is 40.6. The number of aromatic nitrogens is 3. The molecule has 3 aliphatic rings. The van der Waals surface area contributed by atoms with Crippen LogP contribution >= 0.6 is 34.8 Å². The molecule has 0 saturated heterocycles. The van der Waals surface area contributed by atoms with Crippen LogP contribution in [0.5, 0.6) is 17.2 Å². The molecular formula is C57H57Cl3IrN3O3. The van der Waals surface area contributed by atoms with Crippen LogP contribution < -0.4 is 15.3 Å². The molecule has 6 aromatic rings. The molecule has 3 heterocycles. The maximum atomic E-state index is 12.1. The van der Waals surface area contributed by atoms with Crippen LogP contribution in [0.25, 0.3) is 32.7 Å². The van der Waals surface area contributed by atoms with Crippen molar-refractivity contribution in [3.05, 3.63) is 172 Å². The van der Waals surface area contributed by atoms with E-state index in [2.05, 4.69) is 119 Å². The third-order valence-corrected chi connectivity index (χ3v) is 17.1. The molecule has 3 aromatic carbocycles. The van der Waals surface area contributed by atoms with Crippen molar-refractivity contribution in [2.24, 2.45) is 0 Å². The zero-order chi connectivity index (χ0) is 48.7. The summed E-state index contributed by atoms with van der Waals surface area (Å²) in [6, 6.07) is 21.1. The Morgan fingerprint density at radius 3 is 0.746 bits per heavy atom. The SMILES string of the molecule is CC1=C(C)C(C)(c2nc3c([O-])cccc3cc2Cl)C(C)=C1C.CC1=C(C)C(C)(c2nc3c([O-])cccc3cc2Cl)C(C)=C1C.CC1=C(C)C(C)(c2nc3c([O-])cccc3cc2Cl)C(C)=C1C.[Ir+3]. The molecule has 0 N–H and O–H groups in total. The van der Waals surface area contributed by atoms with Gasteiger partial charge in [0.05, 0.1) is 64.9 Å². The molecule has 0 spiro atoms. The van der Waals surface area contributed by atoms with E-state index in [1.807, 2.05) is 36.4 Å². The molecule has 10 heteroatoms. The van der Waals surface area contributed by atoms with Crippen molar-refractivity contribution in [1.82, 2.24) is 15.0 Å². The fraction of sp³-hybridized carbons (Fsp3) is 0.316. The summed E-state index contributed by atoms with van der Waals surface area (Å²) < 4.78 is 0. The topological polar surface area (TPSA) is 108 Å². The predicted octanol–water partition coefficient (Wildman–Crippen LogP) is 14.7. The number of pyridine rings is 3. The molecule has 9 rings (SSSR count). The summed E-state index contributed by atoms with van der Waals surface area (Å²) >= 11 is 19.6. The third-order valence-electron chi connectivity index (χ3n) is 16.3. The van der Waals surface area contributed by atoms with E-state index in [9.17, 15) is 15.3 Å². The van der Waals surface area contributed by atoms with Gasteiger partial charge < -0.3 is 15.3 Å². The number of hydrogen-bond acceptors (Lipinski definition) is 6. The number of fused-ring (bicyclic) bond motifs is 3. The second-order valence-corrected chi connectivity index (χ2v) is 20.0. The van der Waals surface area contributed by atoms with Gasteiger partial charge in [-0.3, -0.25) is 15.0 Å². The van der Waals surface area contributed by atoms with Gasteiger partial charge in [-0.1, -0.05) is 140 Å². The van der Waals surface area contributed by atoms with Crippen molar-refractivity contribution in [2.45, 2.75) is 120 Å². The zero-order valence-corrected chi connectivity index (χ0v) is 45.6. The van der Waals surface area contributed by atoms with E-state index in [4.69, 9.17) is 34.8 Å². The van der Waals surface area contributed by atoms with Gasteiger partial charge in [-0.25, -0.2) is 0 Å². The Morgan fingerprint density at radius 2 is 0.552 bits per heavy atom. The zero-order valence-electron chi connectivity index (χ0n) is 41.0. The minimum absolute atomic E-state index is 0. The Kier molecular flexibility index (Phi) is 14.4. The summed E-state index contributed by atoms with van der Waals surface area (Å²) in [6.45, 7) is 32.0. The Bertz CT molecular complexity index is 2860. The van der Waals surface area contributed by atoms with Gasteiger partial charge in [-0.2, -0.15) is 0 Å². The molecule has 0 amide bonds.